The van der Waals surface area contributed by atoms with Crippen LogP contribution in [0.5, 0.6) is 0 Å². The largest absolute Gasteiger partial charge is 0.453 e. The molecule has 6 heterocycles. The van der Waals surface area contributed by atoms with Gasteiger partial charge in [0.15, 0.2) is 5.15 Å². The van der Waals surface area contributed by atoms with E-state index >= 15 is 0 Å². The van der Waals surface area contributed by atoms with Crippen molar-refractivity contribution < 1.29 is 38.1 Å². The van der Waals surface area contributed by atoms with Gasteiger partial charge in [0.05, 0.1) is 32.3 Å². The maximum Gasteiger partial charge on any atom is 0.407 e. The van der Waals surface area contributed by atoms with Crippen molar-refractivity contribution in [1.29, 1.82) is 0 Å². The number of hydrogen-bond donors (Lipinski definition) is 4. The van der Waals surface area contributed by atoms with Crippen LogP contribution in [0.3, 0.4) is 0 Å². The third-order valence-electron chi connectivity index (χ3n) is 13.9. The van der Waals surface area contributed by atoms with E-state index in [0.717, 1.165) is 34.7 Å². The van der Waals surface area contributed by atoms with Crippen LogP contribution < -0.4 is 10.6 Å². The molecule has 4 amide bonds. The van der Waals surface area contributed by atoms with Crippen LogP contribution in [0.4, 0.5) is 9.59 Å². The molecule has 8 atom stereocenters. The van der Waals surface area contributed by atoms with Crippen molar-refractivity contribution in [1.82, 2.24) is 40.4 Å². The van der Waals surface area contributed by atoms with Gasteiger partial charge >= 0.3 is 12.2 Å². The Labute approximate surface area is 392 Å². The van der Waals surface area contributed by atoms with E-state index in [9.17, 15) is 19.2 Å². The SMILES string of the molecule is C#C[C@@H]1[C@H](C)C[C@@H](c2nc(Cl)c(C#Cc3ccc4cc(-c5nc([C@@H]6C[C@H]7C[C@H]7N6C(=O)[C@@H](NC(=O)OC)C6CCOCC6)[nH]c5Cl)ccc4c3)[nH]2)N1C(=O)[C@@H](NC(=O)OC)C1CCOCC1. The average molecular weight is 940 g/mol. The number of likely N-dealkylation sites (tertiary alicyclic amines) is 2. The van der Waals surface area contributed by atoms with Gasteiger partial charge in [0.1, 0.15) is 40.3 Å². The summed E-state index contributed by atoms with van der Waals surface area (Å²) in [6, 6.07) is 8.90. The van der Waals surface area contributed by atoms with Crippen molar-refractivity contribution in [3.8, 4) is 35.4 Å². The van der Waals surface area contributed by atoms with Gasteiger partial charge in [-0.15, -0.1) is 6.42 Å². The second-order valence-electron chi connectivity index (χ2n) is 17.9. The summed E-state index contributed by atoms with van der Waals surface area (Å²) in [6.45, 7) is 4.02. The van der Waals surface area contributed by atoms with Crippen molar-refractivity contribution in [2.75, 3.05) is 40.6 Å². The van der Waals surface area contributed by atoms with Crippen LogP contribution in [-0.4, -0.2) is 119 Å². The van der Waals surface area contributed by atoms with Crippen LogP contribution in [0.15, 0.2) is 36.4 Å². The molecule has 0 spiro atoms. The Morgan fingerprint density at radius 1 is 0.788 bits per heavy atom. The number of carbonyl (C=O) groups is 4. The van der Waals surface area contributed by atoms with Crippen LogP contribution in [0, 0.1) is 47.9 Å². The number of aromatic nitrogens is 4. The summed E-state index contributed by atoms with van der Waals surface area (Å²) < 4.78 is 20.9. The molecule has 4 aliphatic heterocycles. The monoisotopic (exact) mass is 938 g/mol. The number of methoxy groups -OCH3 is 2. The molecule has 4 N–H and O–H groups in total. The number of halogens is 2. The fourth-order valence-corrected chi connectivity index (χ4v) is 10.8. The molecule has 16 nitrogen and oxygen atoms in total. The molecule has 2 aromatic heterocycles. The van der Waals surface area contributed by atoms with E-state index in [4.69, 9.17) is 53.6 Å². The molecule has 5 fully saturated rings. The number of ether oxygens (including phenoxy) is 4. The van der Waals surface area contributed by atoms with Crippen LogP contribution in [0.25, 0.3) is 22.0 Å². The lowest BCUT2D eigenvalue weighted by atomic mass is 9.90. The Balaban J connectivity index is 0.921. The summed E-state index contributed by atoms with van der Waals surface area (Å²) in [4.78, 5) is 73.2. The van der Waals surface area contributed by atoms with Gasteiger partial charge in [0.25, 0.3) is 0 Å². The van der Waals surface area contributed by atoms with Crippen molar-refractivity contribution in [2.45, 2.75) is 88.1 Å². The van der Waals surface area contributed by atoms with E-state index in [2.05, 4.69) is 43.3 Å². The molecule has 1 saturated carbocycles. The number of amides is 4. The maximum absolute atomic E-state index is 14.4. The van der Waals surface area contributed by atoms with Crippen molar-refractivity contribution >= 4 is 58.0 Å². The van der Waals surface area contributed by atoms with Gasteiger partial charge in [-0.05, 0) is 104 Å². The fraction of sp³-hybridized carbons (Fsp3) is 0.500. The first-order valence-electron chi connectivity index (χ1n) is 22.5. The van der Waals surface area contributed by atoms with Gasteiger partial charge in [-0.3, -0.25) is 9.59 Å². The number of carbonyl (C=O) groups excluding carboxylic acids is 4. The molecule has 0 unspecified atom stereocenters. The van der Waals surface area contributed by atoms with E-state index in [1.54, 1.807) is 4.90 Å². The smallest absolute Gasteiger partial charge is 0.407 e. The zero-order chi connectivity index (χ0) is 46.2. The quantitative estimate of drug-likeness (QED) is 0.134. The normalized spacial score (nSPS) is 25.0. The lowest BCUT2D eigenvalue weighted by Crippen LogP contribution is -2.55. The molecule has 5 aliphatic rings. The summed E-state index contributed by atoms with van der Waals surface area (Å²) in [5, 5.41) is 8.01. The van der Waals surface area contributed by atoms with Crippen molar-refractivity contribution in [3.63, 3.8) is 0 Å². The Morgan fingerprint density at radius 3 is 2.02 bits per heavy atom. The van der Waals surface area contributed by atoms with E-state index in [1.807, 2.05) is 48.2 Å². The maximum atomic E-state index is 14.4. The van der Waals surface area contributed by atoms with Crippen LogP contribution in [0.1, 0.15) is 86.9 Å². The van der Waals surface area contributed by atoms with Crippen molar-refractivity contribution in [3.05, 3.63) is 69.6 Å². The van der Waals surface area contributed by atoms with Gasteiger partial charge in [0.2, 0.25) is 11.8 Å². The zero-order valence-electron chi connectivity index (χ0n) is 36.9. The van der Waals surface area contributed by atoms with E-state index in [0.29, 0.717) is 92.6 Å². The zero-order valence-corrected chi connectivity index (χ0v) is 38.4. The molecule has 9 rings (SSSR count). The molecule has 2 aromatic carbocycles. The van der Waals surface area contributed by atoms with Crippen LogP contribution in [0.2, 0.25) is 10.3 Å². The van der Waals surface area contributed by atoms with Gasteiger partial charge in [-0.1, -0.05) is 60.2 Å². The first kappa shape index (κ1) is 45.4. The summed E-state index contributed by atoms with van der Waals surface area (Å²) in [5.41, 5.74) is 2.51. The summed E-state index contributed by atoms with van der Waals surface area (Å²) >= 11 is 13.5. The summed E-state index contributed by atoms with van der Waals surface area (Å²) in [5.74, 6) is 9.82. The summed E-state index contributed by atoms with van der Waals surface area (Å²) in [6.07, 6.45) is 9.41. The van der Waals surface area contributed by atoms with E-state index in [1.165, 1.54) is 14.2 Å². The number of terminal acetylenes is 1. The number of piperidine rings is 1. The van der Waals surface area contributed by atoms with Gasteiger partial charge in [-0.25, -0.2) is 19.6 Å². The summed E-state index contributed by atoms with van der Waals surface area (Å²) in [7, 11) is 2.56. The second-order valence-corrected chi connectivity index (χ2v) is 18.6. The number of nitrogens with zero attached hydrogens (tertiary/aromatic N) is 4. The lowest BCUT2D eigenvalue weighted by Gasteiger charge is -2.35. The first-order valence-corrected chi connectivity index (χ1v) is 23.2. The predicted octanol–water partition coefficient (Wildman–Crippen LogP) is 6.54. The van der Waals surface area contributed by atoms with Crippen molar-refractivity contribution in [2.24, 2.45) is 23.7 Å². The van der Waals surface area contributed by atoms with Gasteiger partial charge in [-0.2, -0.15) is 0 Å². The number of rotatable bonds is 9. The molecule has 4 aromatic rings. The fourth-order valence-electron chi connectivity index (χ4n) is 10.3. The Bertz CT molecular complexity index is 2620. The lowest BCUT2D eigenvalue weighted by molar-refractivity contribution is -0.138. The first-order chi connectivity index (χ1) is 32.0. The second kappa shape index (κ2) is 19.2. The number of hydrogen-bond acceptors (Lipinski definition) is 10. The highest BCUT2D eigenvalue weighted by Gasteiger charge is 2.57. The molecule has 346 valence electrons. The highest BCUT2D eigenvalue weighted by Crippen LogP contribution is 2.54. The number of alkyl carbamates (subject to hydrolysis) is 2. The molecule has 0 bridgehead atoms. The number of aromatic amines is 2. The standard InChI is InChI=1S/C48H52Cl2N8O8/c1-5-34-25(2)20-36(57(34)45(59)39(53-47(61)63-3)27-12-16-65-17-13-27)43-51-33(41(49)55-43)11-7-26-6-8-30-22-31(10-9-29(30)21-26)38-42(50)56-44(52-38)37-24-32-23-35(32)58(37)46(60)40(54-48(62)64-4)28-14-18-66-19-15-28/h1,6,8-10,21-22,25,27-28,32,34-37,39-40H,12-20,23-24H2,2-4H3,(H,51,55)(H,52,56)(H,53,61)(H,54,62)/t25-,32-,34-,35-,36+,37+,39+,40+/m1/s1. The molecule has 0 radical (unpaired) electrons. The number of benzene rings is 2. The molecular formula is C48H52Cl2N8O8. The minimum Gasteiger partial charge on any atom is -0.453 e. The van der Waals surface area contributed by atoms with E-state index in [-0.39, 0.29) is 46.8 Å². The Morgan fingerprint density at radius 2 is 1.38 bits per heavy atom. The number of nitrogens with one attached hydrogen (secondary N) is 4. The van der Waals surface area contributed by atoms with Crippen LogP contribution >= 0.6 is 23.2 Å². The molecule has 66 heavy (non-hydrogen) atoms. The predicted molar refractivity (Wildman–Crippen MR) is 244 cm³/mol. The van der Waals surface area contributed by atoms with E-state index < -0.39 is 36.4 Å². The Kier molecular flexibility index (Phi) is 13.2. The molecule has 18 heteroatoms. The highest BCUT2D eigenvalue weighted by atomic mass is 35.5. The van der Waals surface area contributed by atoms with Crippen LogP contribution in [-0.2, 0) is 28.5 Å². The number of fused-ring (bicyclic) bond motifs is 2. The Hall–Kier alpha value is -5.78. The van der Waals surface area contributed by atoms with Gasteiger partial charge in [0, 0.05) is 43.6 Å². The minimum absolute atomic E-state index is 0.0580. The number of H-pyrrole nitrogens is 2. The third kappa shape index (κ3) is 9.04. The number of imidazole rings is 2. The average Bonchev–Trinajstić information content (AvgIpc) is 3.59. The van der Waals surface area contributed by atoms with Gasteiger partial charge < -0.3 is 49.3 Å². The third-order valence-corrected chi connectivity index (χ3v) is 14.5. The molecule has 4 saturated heterocycles. The highest BCUT2D eigenvalue weighted by molar-refractivity contribution is 6.32. The minimum atomic E-state index is -0.863. The topological polar surface area (TPSA) is 193 Å². The molecule has 1 aliphatic carbocycles. The molecular weight excluding hydrogens is 887 g/mol.